The molecule has 6 heteroatoms. The largest absolute Gasteiger partial charge is 0.355 e. The second-order valence-corrected chi connectivity index (χ2v) is 8.78. The van der Waals surface area contributed by atoms with Crippen molar-refractivity contribution in [1.29, 1.82) is 0 Å². The van der Waals surface area contributed by atoms with Gasteiger partial charge < -0.3 is 10.2 Å². The molecule has 1 aromatic carbocycles. The molecule has 2 heterocycles. The van der Waals surface area contributed by atoms with Gasteiger partial charge in [0.15, 0.2) is 5.82 Å². The van der Waals surface area contributed by atoms with E-state index in [1.54, 1.807) is 11.3 Å². The molecule has 0 radical (unpaired) electrons. The average Bonchev–Trinajstić information content (AvgIpc) is 3.25. The zero-order chi connectivity index (χ0) is 20.8. The van der Waals surface area contributed by atoms with Gasteiger partial charge in [-0.25, -0.2) is 9.97 Å². The lowest BCUT2D eigenvalue weighted by Gasteiger charge is -2.27. The molecule has 0 aliphatic carbocycles. The number of benzene rings is 1. The Morgan fingerprint density at radius 1 is 1.14 bits per heavy atom. The van der Waals surface area contributed by atoms with Crippen LogP contribution < -0.4 is 10.2 Å². The minimum absolute atomic E-state index is 0.0879. The van der Waals surface area contributed by atoms with Crippen LogP contribution in [0, 0.1) is 5.92 Å². The van der Waals surface area contributed by atoms with Crippen LogP contribution >= 0.6 is 11.3 Å². The quantitative estimate of drug-likeness (QED) is 0.531. The van der Waals surface area contributed by atoms with Gasteiger partial charge in [-0.2, -0.15) is 0 Å². The Morgan fingerprint density at radius 2 is 1.93 bits per heavy atom. The van der Waals surface area contributed by atoms with Crippen molar-refractivity contribution in [3.63, 3.8) is 0 Å². The number of thiophene rings is 1. The summed E-state index contributed by atoms with van der Waals surface area (Å²) in [5.41, 5.74) is 0.929. The molecule has 0 saturated heterocycles. The fourth-order valence-corrected chi connectivity index (χ4v) is 3.88. The van der Waals surface area contributed by atoms with E-state index in [2.05, 4.69) is 37.1 Å². The number of para-hydroxylation sites is 1. The monoisotopic (exact) mass is 410 g/mol. The lowest BCUT2D eigenvalue weighted by atomic mass is 10.1. The van der Waals surface area contributed by atoms with Gasteiger partial charge in [-0.3, -0.25) is 4.79 Å². The van der Waals surface area contributed by atoms with Crippen molar-refractivity contribution in [2.75, 3.05) is 18.0 Å². The van der Waals surface area contributed by atoms with Crippen LogP contribution in [0.2, 0.25) is 0 Å². The number of anilines is 1. The Hall–Kier alpha value is -2.47. The first-order valence-corrected chi connectivity index (χ1v) is 11.2. The van der Waals surface area contributed by atoms with Crippen LogP contribution in [0.4, 0.5) is 5.82 Å². The van der Waals surface area contributed by atoms with E-state index in [0.717, 1.165) is 40.4 Å². The first-order valence-electron chi connectivity index (χ1n) is 10.3. The van der Waals surface area contributed by atoms with E-state index in [0.29, 0.717) is 18.9 Å². The number of nitrogens with zero attached hydrogens (tertiary/aromatic N) is 3. The summed E-state index contributed by atoms with van der Waals surface area (Å²) in [5.74, 6) is 2.19. The van der Waals surface area contributed by atoms with Crippen molar-refractivity contribution >= 4 is 34.0 Å². The maximum Gasteiger partial charge on any atom is 0.221 e. The summed E-state index contributed by atoms with van der Waals surface area (Å²) in [7, 11) is 0. The van der Waals surface area contributed by atoms with Crippen molar-refractivity contribution < 1.29 is 4.79 Å². The molecule has 5 nitrogen and oxygen atoms in total. The van der Waals surface area contributed by atoms with Crippen LogP contribution in [0.15, 0.2) is 41.8 Å². The van der Waals surface area contributed by atoms with Gasteiger partial charge in [0, 0.05) is 30.9 Å². The molecular formula is C23H30N4OS. The highest BCUT2D eigenvalue weighted by atomic mass is 32.1. The van der Waals surface area contributed by atoms with Gasteiger partial charge in [-0.1, -0.05) is 39.0 Å². The molecule has 0 spiro atoms. The number of rotatable bonds is 9. The Balaban J connectivity index is 1.95. The van der Waals surface area contributed by atoms with Crippen LogP contribution in [-0.4, -0.2) is 35.0 Å². The molecule has 3 rings (SSSR count). The first-order chi connectivity index (χ1) is 14.0. The van der Waals surface area contributed by atoms with E-state index in [1.807, 2.05) is 42.6 Å². The molecule has 0 unspecified atom stereocenters. The van der Waals surface area contributed by atoms with Crippen LogP contribution in [0.3, 0.4) is 0 Å². The molecule has 3 aromatic rings. The van der Waals surface area contributed by atoms with E-state index in [9.17, 15) is 4.79 Å². The third-order valence-electron chi connectivity index (χ3n) is 4.84. The van der Waals surface area contributed by atoms with Crippen LogP contribution in [0.5, 0.6) is 0 Å². The zero-order valence-electron chi connectivity index (χ0n) is 17.7. The first kappa shape index (κ1) is 21.2. The van der Waals surface area contributed by atoms with Gasteiger partial charge >= 0.3 is 0 Å². The summed E-state index contributed by atoms with van der Waals surface area (Å²) >= 11 is 1.64. The van der Waals surface area contributed by atoms with Gasteiger partial charge in [0.05, 0.1) is 10.4 Å². The highest BCUT2D eigenvalue weighted by Crippen LogP contribution is 2.30. The molecule has 0 saturated carbocycles. The lowest BCUT2D eigenvalue weighted by molar-refractivity contribution is -0.121. The van der Waals surface area contributed by atoms with Crippen molar-refractivity contribution in [2.45, 2.75) is 46.6 Å². The highest BCUT2D eigenvalue weighted by Gasteiger charge is 2.18. The minimum Gasteiger partial charge on any atom is -0.355 e. The maximum absolute atomic E-state index is 12.4. The van der Waals surface area contributed by atoms with Crippen LogP contribution in [-0.2, 0) is 4.79 Å². The molecule has 0 fully saturated rings. The number of carbonyl (C=O) groups is 1. The summed E-state index contributed by atoms with van der Waals surface area (Å²) in [6.07, 6.45) is 1.38. The van der Waals surface area contributed by atoms with E-state index < -0.39 is 0 Å². The SMILES string of the molecule is CC[C@@H](C)NC(=O)CCN(CC(C)C)c1nc(-c2cccs2)nc2ccccc12. The molecule has 154 valence electrons. The smallest absolute Gasteiger partial charge is 0.221 e. The number of aromatic nitrogens is 2. The molecule has 2 aromatic heterocycles. The molecule has 0 aliphatic rings. The number of carbonyl (C=O) groups excluding carboxylic acids is 1. The lowest BCUT2D eigenvalue weighted by Crippen LogP contribution is -2.36. The standard InChI is InChI=1S/C23H30N4OS/c1-5-17(4)24-21(28)12-13-27(15-16(2)3)23-18-9-6-7-10-19(18)25-22(26-23)20-11-8-14-29-20/h6-11,14,16-17H,5,12-13,15H2,1-4H3,(H,24,28)/t17-/m1/s1. The second kappa shape index (κ2) is 9.83. The predicted octanol–water partition coefficient (Wildman–Crippen LogP) is 5.13. The fourth-order valence-electron chi connectivity index (χ4n) is 3.23. The van der Waals surface area contributed by atoms with Crippen LogP contribution in [0.25, 0.3) is 21.6 Å². The summed E-state index contributed by atoms with van der Waals surface area (Å²) < 4.78 is 0. The van der Waals surface area contributed by atoms with Gasteiger partial charge in [0.2, 0.25) is 5.91 Å². The summed E-state index contributed by atoms with van der Waals surface area (Å²) in [6, 6.07) is 12.4. The topological polar surface area (TPSA) is 58.1 Å². The third-order valence-corrected chi connectivity index (χ3v) is 5.70. The zero-order valence-corrected chi connectivity index (χ0v) is 18.5. The van der Waals surface area contributed by atoms with Crippen molar-refractivity contribution in [3.8, 4) is 10.7 Å². The number of nitrogens with one attached hydrogen (secondary N) is 1. The molecule has 0 aliphatic heterocycles. The Bertz CT molecular complexity index is 939. The van der Waals surface area contributed by atoms with Crippen molar-refractivity contribution in [3.05, 3.63) is 41.8 Å². The molecule has 1 atom stereocenters. The summed E-state index contributed by atoms with van der Waals surface area (Å²) in [4.78, 5) is 25.4. The molecular weight excluding hydrogens is 380 g/mol. The number of amides is 1. The Morgan fingerprint density at radius 3 is 2.62 bits per heavy atom. The van der Waals surface area contributed by atoms with E-state index >= 15 is 0 Å². The minimum atomic E-state index is 0.0879. The Labute approximate surface area is 177 Å². The van der Waals surface area contributed by atoms with Crippen LogP contribution in [0.1, 0.15) is 40.5 Å². The van der Waals surface area contributed by atoms with Crippen molar-refractivity contribution in [1.82, 2.24) is 15.3 Å². The average molecular weight is 411 g/mol. The predicted molar refractivity (Wildman–Crippen MR) is 122 cm³/mol. The molecule has 0 bridgehead atoms. The fraction of sp³-hybridized carbons (Fsp3) is 0.435. The van der Waals surface area contributed by atoms with Crippen molar-refractivity contribution in [2.24, 2.45) is 5.92 Å². The van der Waals surface area contributed by atoms with E-state index in [-0.39, 0.29) is 11.9 Å². The van der Waals surface area contributed by atoms with E-state index in [4.69, 9.17) is 9.97 Å². The van der Waals surface area contributed by atoms with Gasteiger partial charge in [0.25, 0.3) is 0 Å². The third kappa shape index (κ3) is 5.54. The Kier molecular flexibility index (Phi) is 7.20. The van der Waals surface area contributed by atoms with Gasteiger partial charge in [0.1, 0.15) is 5.82 Å². The summed E-state index contributed by atoms with van der Waals surface area (Å²) in [5, 5.41) is 6.13. The number of hydrogen-bond donors (Lipinski definition) is 1. The maximum atomic E-state index is 12.4. The molecule has 29 heavy (non-hydrogen) atoms. The van der Waals surface area contributed by atoms with Gasteiger partial charge in [-0.15, -0.1) is 11.3 Å². The number of hydrogen-bond acceptors (Lipinski definition) is 5. The normalized spacial score (nSPS) is 12.3. The van der Waals surface area contributed by atoms with Gasteiger partial charge in [-0.05, 0) is 42.8 Å². The van der Waals surface area contributed by atoms with E-state index in [1.165, 1.54) is 0 Å². The highest BCUT2D eigenvalue weighted by molar-refractivity contribution is 7.13. The molecule has 1 amide bonds. The number of fused-ring (bicyclic) bond motifs is 1. The second-order valence-electron chi connectivity index (χ2n) is 7.83. The summed E-state index contributed by atoms with van der Waals surface area (Å²) in [6.45, 7) is 9.96. The molecule has 1 N–H and O–H groups in total.